The van der Waals surface area contributed by atoms with Crippen LogP contribution in [-0.2, 0) is 0 Å². The third-order valence-corrected chi connectivity index (χ3v) is 4.81. The van der Waals surface area contributed by atoms with Gasteiger partial charge in [0.1, 0.15) is 11.5 Å². The molecule has 0 amide bonds. The summed E-state index contributed by atoms with van der Waals surface area (Å²) in [6, 6.07) is 24.5. The van der Waals surface area contributed by atoms with Gasteiger partial charge in [0.2, 0.25) is 0 Å². The van der Waals surface area contributed by atoms with Gasteiger partial charge in [-0.3, -0.25) is 4.99 Å². The minimum Gasteiger partial charge on any atom is -0.494 e. The second kappa shape index (κ2) is 11.8. The Hall–Kier alpha value is -3.07. The summed E-state index contributed by atoms with van der Waals surface area (Å²) in [6.07, 6.45) is 6.20. The van der Waals surface area contributed by atoms with E-state index in [2.05, 4.69) is 49.2 Å². The van der Waals surface area contributed by atoms with Crippen molar-refractivity contribution >= 4 is 11.9 Å². The number of rotatable bonds is 11. The van der Waals surface area contributed by atoms with Gasteiger partial charge < -0.3 is 9.47 Å². The van der Waals surface area contributed by atoms with Gasteiger partial charge in [0.15, 0.2) is 0 Å². The molecule has 156 valence electrons. The fourth-order valence-corrected chi connectivity index (χ4v) is 3.03. The van der Waals surface area contributed by atoms with E-state index >= 15 is 0 Å². The highest BCUT2D eigenvalue weighted by Gasteiger charge is 2.07. The van der Waals surface area contributed by atoms with Gasteiger partial charge in [-0.1, -0.05) is 63.1 Å². The maximum absolute atomic E-state index is 6.12. The molecule has 0 aliphatic rings. The Morgan fingerprint density at radius 3 is 2.23 bits per heavy atom. The van der Waals surface area contributed by atoms with Crippen molar-refractivity contribution in [1.82, 2.24) is 0 Å². The van der Waals surface area contributed by atoms with E-state index < -0.39 is 0 Å². The first-order valence-electron chi connectivity index (χ1n) is 10.9. The van der Waals surface area contributed by atoms with Crippen LogP contribution in [0, 0.1) is 0 Å². The molecule has 0 bridgehead atoms. The number of para-hydroxylation sites is 1. The lowest BCUT2D eigenvalue weighted by atomic mass is 10.0. The van der Waals surface area contributed by atoms with E-state index in [9.17, 15) is 0 Å². The molecule has 3 aromatic carbocycles. The molecule has 0 aliphatic heterocycles. The molecule has 3 heteroatoms. The van der Waals surface area contributed by atoms with Crippen LogP contribution in [0.25, 0.3) is 11.1 Å². The number of nitrogens with zero attached hydrogens (tertiary/aromatic N) is 1. The molecule has 0 fully saturated rings. The zero-order chi connectivity index (χ0) is 21.0. The highest BCUT2D eigenvalue weighted by molar-refractivity contribution is 5.87. The van der Waals surface area contributed by atoms with Gasteiger partial charge >= 0.3 is 0 Å². The summed E-state index contributed by atoms with van der Waals surface area (Å²) in [7, 11) is 0. The maximum atomic E-state index is 6.12. The number of aliphatic imine (C=N–C) groups is 1. The van der Waals surface area contributed by atoms with Crippen molar-refractivity contribution in [2.24, 2.45) is 4.99 Å². The van der Waals surface area contributed by atoms with Gasteiger partial charge in [-0.05, 0) is 60.4 Å². The van der Waals surface area contributed by atoms with Crippen LogP contribution < -0.4 is 9.47 Å². The SMILES string of the molecule is CCCCOc1cccc(-c2ccc(C=Nc3ccccc3)c(OCCCC)c2)c1. The van der Waals surface area contributed by atoms with Gasteiger partial charge in [-0.15, -0.1) is 0 Å². The molecule has 0 saturated heterocycles. The molecule has 0 radical (unpaired) electrons. The van der Waals surface area contributed by atoms with Crippen molar-refractivity contribution in [3.63, 3.8) is 0 Å². The van der Waals surface area contributed by atoms with Crippen LogP contribution in [0.5, 0.6) is 11.5 Å². The summed E-state index contributed by atoms with van der Waals surface area (Å²) in [5, 5.41) is 0. The highest BCUT2D eigenvalue weighted by atomic mass is 16.5. The van der Waals surface area contributed by atoms with E-state index in [4.69, 9.17) is 9.47 Å². The largest absolute Gasteiger partial charge is 0.494 e. The Labute approximate surface area is 180 Å². The molecule has 0 aromatic heterocycles. The molecule has 0 N–H and O–H groups in total. The van der Waals surface area contributed by atoms with Crippen LogP contribution in [0.15, 0.2) is 77.8 Å². The lowest BCUT2D eigenvalue weighted by molar-refractivity contribution is 0.308. The minimum atomic E-state index is 0.701. The fraction of sp³-hybridized carbons (Fsp3) is 0.296. The van der Waals surface area contributed by atoms with Crippen molar-refractivity contribution < 1.29 is 9.47 Å². The standard InChI is InChI=1S/C27H31NO2/c1-3-5-17-29-26-14-10-11-22(19-26)23-15-16-24(27(20-23)30-18-6-4-2)21-28-25-12-8-7-9-13-25/h7-16,19-21H,3-6,17-18H2,1-2H3. The Bertz CT molecular complexity index is 935. The van der Waals surface area contributed by atoms with E-state index in [-0.39, 0.29) is 0 Å². The molecular weight excluding hydrogens is 370 g/mol. The number of hydrogen-bond donors (Lipinski definition) is 0. The lowest BCUT2D eigenvalue weighted by Crippen LogP contribution is -2.00. The first kappa shape index (κ1) is 21.6. The van der Waals surface area contributed by atoms with Crippen molar-refractivity contribution in [3.05, 3.63) is 78.4 Å². The second-order valence-electron chi connectivity index (χ2n) is 7.28. The van der Waals surface area contributed by atoms with Gasteiger partial charge in [0.05, 0.1) is 18.9 Å². The second-order valence-corrected chi connectivity index (χ2v) is 7.28. The fourth-order valence-electron chi connectivity index (χ4n) is 3.03. The number of hydrogen-bond acceptors (Lipinski definition) is 3. The zero-order valence-electron chi connectivity index (χ0n) is 18.0. The first-order chi connectivity index (χ1) is 14.8. The molecule has 0 aliphatic carbocycles. The third kappa shape index (κ3) is 6.48. The Balaban J connectivity index is 1.84. The Morgan fingerprint density at radius 1 is 0.733 bits per heavy atom. The van der Waals surface area contributed by atoms with Crippen molar-refractivity contribution in [1.29, 1.82) is 0 Å². The van der Waals surface area contributed by atoms with Gasteiger partial charge in [-0.25, -0.2) is 0 Å². The van der Waals surface area contributed by atoms with Crippen LogP contribution in [-0.4, -0.2) is 19.4 Å². The quantitative estimate of drug-likeness (QED) is 0.246. The van der Waals surface area contributed by atoms with Crippen molar-refractivity contribution in [3.8, 4) is 22.6 Å². The summed E-state index contributed by atoms with van der Waals surface area (Å²) in [4.78, 5) is 4.60. The molecule has 0 saturated carbocycles. The molecule has 30 heavy (non-hydrogen) atoms. The molecule has 0 heterocycles. The average molecular weight is 402 g/mol. The minimum absolute atomic E-state index is 0.701. The summed E-state index contributed by atoms with van der Waals surface area (Å²) in [5.74, 6) is 1.77. The molecule has 0 spiro atoms. The van der Waals surface area contributed by atoms with Crippen LogP contribution >= 0.6 is 0 Å². The molecule has 0 unspecified atom stereocenters. The highest BCUT2D eigenvalue weighted by Crippen LogP contribution is 2.29. The van der Waals surface area contributed by atoms with Crippen LogP contribution in [0.1, 0.15) is 45.1 Å². The Morgan fingerprint density at radius 2 is 1.47 bits per heavy atom. The van der Waals surface area contributed by atoms with Gasteiger partial charge in [0, 0.05) is 11.8 Å². The van der Waals surface area contributed by atoms with Gasteiger partial charge in [-0.2, -0.15) is 0 Å². The van der Waals surface area contributed by atoms with Crippen molar-refractivity contribution in [2.45, 2.75) is 39.5 Å². The van der Waals surface area contributed by atoms with Crippen LogP contribution in [0.2, 0.25) is 0 Å². The predicted molar refractivity (Wildman–Crippen MR) is 126 cm³/mol. The maximum Gasteiger partial charge on any atom is 0.128 e. The first-order valence-corrected chi connectivity index (χ1v) is 10.9. The molecular formula is C27H31NO2. The number of unbranched alkanes of at least 4 members (excludes halogenated alkanes) is 2. The monoisotopic (exact) mass is 401 g/mol. The van der Waals surface area contributed by atoms with Crippen LogP contribution in [0.3, 0.4) is 0 Å². The van der Waals surface area contributed by atoms with E-state index in [1.807, 2.05) is 48.7 Å². The number of ether oxygens (including phenoxy) is 2. The summed E-state index contributed by atoms with van der Waals surface area (Å²) in [6.45, 7) is 5.79. The van der Waals surface area contributed by atoms with Gasteiger partial charge in [0.25, 0.3) is 0 Å². The Kier molecular flexibility index (Phi) is 8.52. The summed E-state index contributed by atoms with van der Waals surface area (Å²) in [5.41, 5.74) is 4.14. The topological polar surface area (TPSA) is 30.8 Å². The summed E-state index contributed by atoms with van der Waals surface area (Å²) >= 11 is 0. The van der Waals surface area contributed by atoms with E-state index in [1.165, 1.54) is 0 Å². The third-order valence-electron chi connectivity index (χ3n) is 4.81. The van der Waals surface area contributed by atoms with E-state index in [1.54, 1.807) is 0 Å². The zero-order valence-corrected chi connectivity index (χ0v) is 18.0. The van der Waals surface area contributed by atoms with E-state index in [0.29, 0.717) is 6.61 Å². The molecule has 3 rings (SSSR count). The smallest absolute Gasteiger partial charge is 0.128 e. The summed E-state index contributed by atoms with van der Waals surface area (Å²) < 4.78 is 12.0. The van der Waals surface area contributed by atoms with Crippen molar-refractivity contribution in [2.75, 3.05) is 13.2 Å². The van der Waals surface area contributed by atoms with E-state index in [0.717, 1.165) is 66.2 Å². The molecule has 0 atom stereocenters. The normalized spacial score (nSPS) is 11.0. The number of benzene rings is 3. The average Bonchev–Trinajstić information content (AvgIpc) is 2.79. The lowest BCUT2D eigenvalue weighted by Gasteiger charge is -2.12. The van der Waals surface area contributed by atoms with Crippen LogP contribution in [0.4, 0.5) is 5.69 Å². The molecule has 3 nitrogen and oxygen atoms in total. The predicted octanol–water partition coefficient (Wildman–Crippen LogP) is 7.46. The molecule has 3 aromatic rings.